The van der Waals surface area contributed by atoms with Gasteiger partial charge in [0, 0.05) is 5.56 Å². The maximum absolute atomic E-state index is 13.5. The molecule has 1 aliphatic heterocycles. The van der Waals surface area contributed by atoms with Crippen LogP contribution in [-0.2, 0) is 19.4 Å². The van der Waals surface area contributed by atoms with E-state index < -0.39 is 27.7 Å². The molecular weight excluding hydrogens is 261 g/mol. The van der Waals surface area contributed by atoms with E-state index in [1.54, 1.807) is 0 Å². The average Bonchev–Trinajstić information content (AvgIpc) is 2.61. The van der Waals surface area contributed by atoms with E-state index in [4.69, 9.17) is 5.73 Å². The van der Waals surface area contributed by atoms with E-state index in [0.717, 1.165) is 19.3 Å². The van der Waals surface area contributed by atoms with Crippen molar-refractivity contribution in [3.8, 4) is 0 Å². The fourth-order valence-electron chi connectivity index (χ4n) is 1.74. The first kappa shape index (κ1) is 12.7. The topological polar surface area (TPSA) is 86.5 Å². The number of esters is 1. The zero-order valence-electron chi connectivity index (χ0n) is 9.38. The van der Waals surface area contributed by atoms with Crippen LogP contribution in [-0.4, -0.2) is 27.5 Å². The summed E-state index contributed by atoms with van der Waals surface area (Å²) in [6.45, 7) is 0. The summed E-state index contributed by atoms with van der Waals surface area (Å²) in [5, 5.41) is 0. The van der Waals surface area contributed by atoms with Gasteiger partial charge in [0.1, 0.15) is 11.9 Å². The summed E-state index contributed by atoms with van der Waals surface area (Å²) in [6, 6.07) is 2.23. The Morgan fingerprint density at radius 3 is 2.67 bits per heavy atom. The number of benzene rings is 1. The van der Waals surface area contributed by atoms with Gasteiger partial charge in [0.15, 0.2) is 0 Å². The molecule has 0 fully saturated rings. The highest BCUT2D eigenvalue weighted by Gasteiger charge is 2.37. The van der Waals surface area contributed by atoms with E-state index in [0.29, 0.717) is 0 Å². The van der Waals surface area contributed by atoms with Crippen molar-refractivity contribution in [1.29, 1.82) is 0 Å². The van der Waals surface area contributed by atoms with Crippen molar-refractivity contribution in [3.63, 3.8) is 0 Å². The lowest BCUT2D eigenvalue weighted by molar-refractivity contribution is -0.141. The maximum atomic E-state index is 13.5. The summed E-state index contributed by atoms with van der Waals surface area (Å²) in [6.07, 6.45) is 1.07. The van der Waals surface area contributed by atoms with E-state index >= 15 is 0 Å². The van der Waals surface area contributed by atoms with Gasteiger partial charge in [0.25, 0.3) is 0 Å². The number of rotatable bonds is 2. The molecular formula is C11H10FNO4S. The van der Waals surface area contributed by atoms with E-state index in [9.17, 15) is 17.6 Å². The van der Waals surface area contributed by atoms with Gasteiger partial charge >= 0.3 is 5.97 Å². The van der Waals surface area contributed by atoms with Gasteiger partial charge in [0.2, 0.25) is 9.84 Å². The lowest BCUT2D eigenvalue weighted by atomic mass is 10.1. The van der Waals surface area contributed by atoms with E-state index in [-0.39, 0.29) is 15.4 Å². The Hall–Kier alpha value is -1.73. The van der Waals surface area contributed by atoms with Crippen molar-refractivity contribution in [1.82, 2.24) is 0 Å². The largest absolute Gasteiger partial charge is 0.468 e. The molecule has 5 nitrogen and oxygen atoms in total. The number of halogens is 1. The molecule has 0 saturated heterocycles. The molecule has 18 heavy (non-hydrogen) atoms. The minimum atomic E-state index is -3.93. The van der Waals surface area contributed by atoms with Crippen LogP contribution in [0, 0.1) is 5.82 Å². The summed E-state index contributed by atoms with van der Waals surface area (Å²) >= 11 is 0. The van der Waals surface area contributed by atoms with Gasteiger partial charge in [-0.3, -0.25) is 0 Å². The Bertz CT molecular complexity index is 651. The fourth-order valence-corrected chi connectivity index (χ4v) is 3.40. The van der Waals surface area contributed by atoms with Crippen LogP contribution in [0.3, 0.4) is 0 Å². The van der Waals surface area contributed by atoms with Gasteiger partial charge in [0.05, 0.1) is 16.9 Å². The van der Waals surface area contributed by atoms with Crippen LogP contribution in [0.4, 0.5) is 4.39 Å². The molecule has 96 valence electrons. The normalized spacial score (nSPS) is 17.8. The molecule has 2 N–H and O–H groups in total. The number of ether oxygens (including phenoxy) is 1. The number of hydrogen-bond donors (Lipinski definition) is 1. The summed E-state index contributed by atoms with van der Waals surface area (Å²) in [7, 11) is -2.83. The van der Waals surface area contributed by atoms with Crippen LogP contribution >= 0.6 is 0 Å². The molecule has 7 heteroatoms. The van der Waals surface area contributed by atoms with Crippen LogP contribution < -0.4 is 5.73 Å². The molecule has 0 aromatic heterocycles. The van der Waals surface area contributed by atoms with Crippen molar-refractivity contribution in [2.45, 2.75) is 10.9 Å². The van der Waals surface area contributed by atoms with E-state index in [1.807, 2.05) is 0 Å². The van der Waals surface area contributed by atoms with Crippen LogP contribution in [0.5, 0.6) is 0 Å². The summed E-state index contributed by atoms with van der Waals surface area (Å²) < 4.78 is 42.0. The van der Waals surface area contributed by atoms with Crippen molar-refractivity contribution in [3.05, 3.63) is 34.5 Å². The van der Waals surface area contributed by atoms with Crippen LogP contribution in [0.2, 0.25) is 0 Å². The number of hydrogen-bond acceptors (Lipinski definition) is 5. The first-order chi connectivity index (χ1) is 8.39. The third-order valence-electron chi connectivity index (χ3n) is 2.66. The lowest BCUT2D eigenvalue weighted by Crippen LogP contribution is -2.35. The third-order valence-corrected chi connectivity index (χ3v) is 4.59. The minimum absolute atomic E-state index is 0.0770. The van der Waals surface area contributed by atoms with Crippen LogP contribution in [0.1, 0.15) is 5.56 Å². The molecule has 0 bridgehead atoms. The zero-order valence-corrected chi connectivity index (χ0v) is 10.2. The Labute approximate surface area is 103 Å². The highest BCUT2D eigenvalue weighted by molar-refractivity contribution is 7.96. The van der Waals surface area contributed by atoms with Gasteiger partial charge < -0.3 is 10.5 Å². The molecule has 1 atom stereocenters. The van der Waals surface area contributed by atoms with Gasteiger partial charge in [-0.2, -0.15) is 0 Å². The predicted octanol–water partition coefficient (Wildman–Crippen LogP) is 0.454. The Kier molecular flexibility index (Phi) is 2.95. The third kappa shape index (κ3) is 1.72. The molecule has 1 heterocycles. The second-order valence-electron chi connectivity index (χ2n) is 3.70. The van der Waals surface area contributed by atoms with Gasteiger partial charge in [-0.05, 0) is 18.2 Å². The van der Waals surface area contributed by atoms with Crippen molar-refractivity contribution >= 4 is 21.9 Å². The highest BCUT2D eigenvalue weighted by Crippen LogP contribution is 2.35. The molecule has 0 radical (unpaired) electrons. The number of methoxy groups -OCH3 is 1. The van der Waals surface area contributed by atoms with Gasteiger partial charge in [-0.15, -0.1) is 0 Å². The molecule has 0 aliphatic carbocycles. The predicted molar refractivity (Wildman–Crippen MR) is 61.6 cm³/mol. The van der Waals surface area contributed by atoms with Crippen molar-refractivity contribution < 1.29 is 22.3 Å². The molecule has 1 aliphatic rings. The fraction of sp³-hybridized carbons (Fsp3) is 0.182. The van der Waals surface area contributed by atoms with Crippen LogP contribution in [0.15, 0.2) is 28.0 Å². The van der Waals surface area contributed by atoms with Gasteiger partial charge in [-0.25, -0.2) is 17.6 Å². The standard InChI is InChI=1S/C11H10FNO4S/c1-17-11(14)10(13)9-5-6-7(12)3-2-4-8(6)18(9,15)16/h2-5,10H,13H2,1H3. The summed E-state index contributed by atoms with van der Waals surface area (Å²) in [5.41, 5.74) is 5.42. The molecule has 1 aromatic carbocycles. The Morgan fingerprint density at radius 1 is 1.44 bits per heavy atom. The number of sulfone groups is 1. The highest BCUT2D eigenvalue weighted by atomic mass is 32.2. The second-order valence-corrected chi connectivity index (χ2v) is 5.62. The minimum Gasteiger partial charge on any atom is -0.468 e. The second kappa shape index (κ2) is 4.18. The molecule has 1 unspecified atom stereocenters. The van der Waals surface area contributed by atoms with Crippen LogP contribution in [0.25, 0.3) is 6.08 Å². The molecule has 2 rings (SSSR count). The Balaban J connectivity index is 2.59. The molecule has 0 spiro atoms. The van der Waals surface area contributed by atoms with Crippen molar-refractivity contribution in [2.24, 2.45) is 5.73 Å². The van der Waals surface area contributed by atoms with E-state index in [2.05, 4.69) is 4.74 Å². The monoisotopic (exact) mass is 271 g/mol. The lowest BCUT2D eigenvalue weighted by Gasteiger charge is -2.10. The smallest absolute Gasteiger partial charge is 0.328 e. The summed E-state index contributed by atoms with van der Waals surface area (Å²) in [4.78, 5) is 10.7. The first-order valence-electron chi connectivity index (χ1n) is 4.98. The maximum Gasteiger partial charge on any atom is 0.328 e. The number of carbonyl (C=O) groups is 1. The quantitative estimate of drug-likeness (QED) is 0.789. The number of fused-ring (bicyclic) bond motifs is 1. The first-order valence-corrected chi connectivity index (χ1v) is 6.46. The zero-order chi connectivity index (χ0) is 13.5. The summed E-state index contributed by atoms with van der Waals surface area (Å²) in [5.74, 6) is -1.57. The molecule has 1 aromatic rings. The average molecular weight is 271 g/mol. The molecule has 0 amide bonds. The number of carbonyl (C=O) groups excluding carboxylic acids is 1. The van der Waals surface area contributed by atoms with Gasteiger partial charge in [-0.1, -0.05) is 6.07 Å². The SMILES string of the molecule is COC(=O)C(N)C1=Cc2c(F)cccc2S1(=O)=O. The molecule has 0 saturated carbocycles. The van der Waals surface area contributed by atoms with Crippen molar-refractivity contribution in [2.75, 3.05) is 7.11 Å². The number of nitrogens with two attached hydrogens (primary N) is 1. The Morgan fingerprint density at radius 2 is 2.11 bits per heavy atom. The van der Waals surface area contributed by atoms with E-state index in [1.165, 1.54) is 12.1 Å².